The van der Waals surface area contributed by atoms with E-state index in [1.807, 2.05) is 38.1 Å². The van der Waals surface area contributed by atoms with Crippen LogP contribution in [0.15, 0.2) is 42.5 Å². The predicted molar refractivity (Wildman–Crippen MR) is 122 cm³/mol. The van der Waals surface area contributed by atoms with Gasteiger partial charge in [0, 0.05) is 29.4 Å². The van der Waals surface area contributed by atoms with Gasteiger partial charge in [0.25, 0.3) is 0 Å². The summed E-state index contributed by atoms with van der Waals surface area (Å²) < 4.78 is 12.6. The molecule has 0 radical (unpaired) electrons. The second-order valence-electron chi connectivity index (χ2n) is 7.41. The average Bonchev–Trinajstić information content (AvgIpc) is 3.05. The number of hydrogen-bond acceptors (Lipinski definition) is 5. The smallest absolute Gasteiger partial charge is 0.187 e. The highest BCUT2D eigenvalue weighted by molar-refractivity contribution is 6.31. The van der Waals surface area contributed by atoms with Gasteiger partial charge in [0.05, 0.1) is 36.3 Å². The van der Waals surface area contributed by atoms with Crippen molar-refractivity contribution in [3.05, 3.63) is 75.6 Å². The molecule has 0 atom stereocenters. The number of nitrogens with zero attached hydrogens (tertiary/aromatic N) is 2. The van der Waals surface area contributed by atoms with E-state index >= 15 is 0 Å². The fourth-order valence-electron chi connectivity index (χ4n) is 3.79. The second-order valence-corrected chi connectivity index (χ2v) is 7.78. The highest BCUT2D eigenvalue weighted by atomic mass is 35.5. The van der Waals surface area contributed by atoms with Crippen molar-refractivity contribution in [2.45, 2.75) is 20.3 Å². The first-order valence-electron chi connectivity index (χ1n) is 10.00. The molecule has 0 spiro atoms. The van der Waals surface area contributed by atoms with Gasteiger partial charge in [-0.05, 0) is 62.2 Å². The van der Waals surface area contributed by atoms with Gasteiger partial charge >= 0.3 is 0 Å². The zero-order valence-corrected chi connectivity index (χ0v) is 18.7. The summed E-state index contributed by atoms with van der Waals surface area (Å²) in [6.45, 7) is 4.54. The number of rotatable bonds is 5. The molecule has 1 aliphatic rings. The minimum absolute atomic E-state index is 0.0805. The van der Waals surface area contributed by atoms with Gasteiger partial charge in [0.15, 0.2) is 17.3 Å². The van der Waals surface area contributed by atoms with E-state index in [4.69, 9.17) is 21.1 Å². The van der Waals surface area contributed by atoms with Gasteiger partial charge in [-0.3, -0.25) is 4.79 Å². The minimum atomic E-state index is -0.0805. The topological polar surface area (TPSA) is 65.4 Å². The van der Waals surface area contributed by atoms with Crippen molar-refractivity contribution in [3.63, 3.8) is 0 Å². The molecule has 0 saturated carbocycles. The molecule has 4 rings (SSSR count). The molecule has 6 nitrogen and oxygen atoms in total. The van der Waals surface area contributed by atoms with Crippen molar-refractivity contribution < 1.29 is 14.3 Å². The molecule has 0 bridgehead atoms. The molecule has 0 unspecified atom stereocenters. The van der Waals surface area contributed by atoms with E-state index in [-0.39, 0.29) is 5.78 Å². The van der Waals surface area contributed by atoms with Gasteiger partial charge in [-0.2, -0.15) is 5.10 Å². The van der Waals surface area contributed by atoms with Crippen LogP contribution in [-0.2, 0) is 6.42 Å². The molecule has 2 heterocycles. The van der Waals surface area contributed by atoms with Gasteiger partial charge in [-0.15, -0.1) is 0 Å². The summed E-state index contributed by atoms with van der Waals surface area (Å²) in [4.78, 5) is 13.0. The first kappa shape index (κ1) is 21.0. The largest absolute Gasteiger partial charge is 0.493 e. The van der Waals surface area contributed by atoms with Crippen LogP contribution < -0.4 is 14.8 Å². The Bertz CT molecular complexity index is 1180. The highest BCUT2D eigenvalue weighted by Gasteiger charge is 2.19. The third-order valence-electron chi connectivity index (χ3n) is 5.48. The van der Waals surface area contributed by atoms with Crippen molar-refractivity contribution >= 4 is 23.1 Å². The molecule has 0 aliphatic carbocycles. The number of aromatic nitrogens is 2. The minimum Gasteiger partial charge on any atom is -0.493 e. The van der Waals surface area contributed by atoms with E-state index in [0.29, 0.717) is 22.1 Å². The van der Waals surface area contributed by atoms with Crippen LogP contribution >= 0.6 is 11.6 Å². The van der Waals surface area contributed by atoms with Gasteiger partial charge in [-0.1, -0.05) is 11.6 Å². The number of benzene rings is 2. The molecule has 3 aromatic rings. The summed E-state index contributed by atoms with van der Waals surface area (Å²) in [5.74, 6) is 1.24. The lowest BCUT2D eigenvalue weighted by Crippen LogP contribution is -2.23. The summed E-state index contributed by atoms with van der Waals surface area (Å²) in [5.41, 5.74) is 5.94. The van der Waals surface area contributed by atoms with Gasteiger partial charge in [0.2, 0.25) is 0 Å². The predicted octanol–water partition coefficient (Wildman–Crippen LogP) is 4.53. The number of halogens is 1. The summed E-state index contributed by atoms with van der Waals surface area (Å²) >= 11 is 6.25. The van der Waals surface area contributed by atoms with E-state index in [0.717, 1.165) is 46.9 Å². The van der Waals surface area contributed by atoms with Crippen LogP contribution in [0.1, 0.15) is 32.9 Å². The molecule has 160 valence electrons. The first-order chi connectivity index (χ1) is 14.9. The number of fused-ring (bicyclic) bond motifs is 1. The Kier molecular flexibility index (Phi) is 5.74. The normalized spacial score (nSPS) is 14.2. The van der Waals surface area contributed by atoms with E-state index < -0.39 is 0 Å². The Labute approximate surface area is 186 Å². The second kappa shape index (κ2) is 8.47. The molecule has 2 aromatic carbocycles. The standard InChI is InChI=1S/C24H24ClN3O3/c1-14-24(25)15(2)28(27-14)18-7-5-16(6-8-18)21(29)13-20-19-12-23(31-4)22(30-3)11-17(19)9-10-26-20/h5-8,11-13,26H,9-10H2,1-4H3. The highest BCUT2D eigenvalue weighted by Crippen LogP contribution is 2.35. The van der Waals surface area contributed by atoms with E-state index in [1.165, 1.54) is 0 Å². The number of carbonyl (C=O) groups is 1. The monoisotopic (exact) mass is 437 g/mol. The molecule has 1 aliphatic heterocycles. The van der Waals surface area contributed by atoms with Crippen molar-refractivity contribution in [2.24, 2.45) is 0 Å². The zero-order chi connectivity index (χ0) is 22.1. The van der Waals surface area contributed by atoms with E-state index in [1.54, 1.807) is 37.1 Å². The molecular weight excluding hydrogens is 414 g/mol. The Morgan fingerprint density at radius 2 is 1.81 bits per heavy atom. The summed E-state index contributed by atoms with van der Waals surface area (Å²) in [7, 11) is 3.22. The maximum Gasteiger partial charge on any atom is 0.187 e. The summed E-state index contributed by atoms with van der Waals surface area (Å²) in [5, 5.41) is 8.44. The molecular formula is C24H24ClN3O3. The molecule has 31 heavy (non-hydrogen) atoms. The van der Waals surface area contributed by atoms with E-state index in [9.17, 15) is 4.79 Å². The number of carbonyl (C=O) groups excluding carboxylic acids is 1. The van der Waals surface area contributed by atoms with Crippen LogP contribution in [0.3, 0.4) is 0 Å². The average molecular weight is 438 g/mol. The lowest BCUT2D eigenvalue weighted by molar-refractivity contribution is 0.104. The van der Waals surface area contributed by atoms with Crippen molar-refractivity contribution in [1.82, 2.24) is 15.1 Å². The first-order valence-corrected chi connectivity index (χ1v) is 10.4. The SMILES string of the molecule is COc1cc2c(cc1OC)C(=CC(=O)c1ccc(-n3nc(C)c(Cl)c3C)cc1)NCC2. The Morgan fingerprint density at radius 1 is 1.13 bits per heavy atom. The third-order valence-corrected chi connectivity index (χ3v) is 6.03. The van der Waals surface area contributed by atoms with Crippen LogP contribution in [0.25, 0.3) is 11.4 Å². The van der Waals surface area contributed by atoms with Crippen LogP contribution in [0.4, 0.5) is 0 Å². The Morgan fingerprint density at radius 3 is 2.42 bits per heavy atom. The molecule has 0 fully saturated rings. The lowest BCUT2D eigenvalue weighted by atomic mass is 9.95. The number of ether oxygens (including phenoxy) is 2. The molecule has 1 N–H and O–H groups in total. The zero-order valence-electron chi connectivity index (χ0n) is 18.0. The number of nitrogens with one attached hydrogen (secondary N) is 1. The van der Waals surface area contributed by atoms with Crippen molar-refractivity contribution in [2.75, 3.05) is 20.8 Å². The van der Waals surface area contributed by atoms with Crippen LogP contribution in [-0.4, -0.2) is 36.3 Å². The molecule has 7 heteroatoms. The van der Waals surface area contributed by atoms with E-state index in [2.05, 4.69) is 10.4 Å². The van der Waals surface area contributed by atoms with Crippen LogP contribution in [0, 0.1) is 13.8 Å². The van der Waals surface area contributed by atoms with Crippen LogP contribution in [0.5, 0.6) is 11.5 Å². The van der Waals surface area contributed by atoms with Crippen molar-refractivity contribution in [1.29, 1.82) is 0 Å². The lowest BCUT2D eigenvalue weighted by Gasteiger charge is -2.23. The fourth-order valence-corrected chi connectivity index (χ4v) is 3.91. The van der Waals surface area contributed by atoms with Crippen LogP contribution in [0.2, 0.25) is 5.02 Å². The molecule has 0 saturated heterocycles. The quantitative estimate of drug-likeness (QED) is 0.469. The fraction of sp³-hybridized carbons (Fsp3) is 0.250. The van der Waals surface area contributed by atoms with Gasteiger partial charge in [-0.25, -0.2) is 4.68 Å². The summed E-state index contributed by atoms with van der Waals surface area (Å²) in [6.07, 6.45) is 2.49. The molecule has 1 aromatic heterocycles. The molecule has 0 amide bonds. The number of methoxy groups -OCH3 is 2. The Balaban J connectivity index is 1.63. The number of hydrogen-bond donors (Lipinski definition) is 1. The van der Waals surface area contributed by atoms with Crippen molar-refractivity contribution in [3.8, 4) is 17.2 Å². The maximum atomic E-state index is 13.0. The number of ketones is 1. The summed E-state index contributed by atoms with van der Waals surface area (Å²) in [6, 6.07) is 11.2. The maximum absolute atomic E-state index is 13.0. The number of aryl methyl sites for hydroxylation is 1. The third kappa shape index (κ3) is 3.91. The van der Waals surface area contributed by atoms with Gasteiger partial charge in [0.1, 0.15) is 0 Å². The Hall–Kier alpha value is -3.25. The van der Waals surface area contributed by atoms with Gasteiger partial charge < -0.3 is 14.8 Å². The number of allylic oxidation sites excluding steroid dienone is 1.